The molecule has 2 atom stereocenters. The summed E-state index contributed by atoms with van der Waals surface area (Å²) in [5, 5.41) is 3.18. The molecule has 0 aliphatic carbocycles. The molecule has 2 aliphatic heterocycles. The third-order valence-electron chi connectivity index (χ3n) is 7.87. The van der Waals surface area contributed by atoms with Crippen LogP contribution in [0.5, 0.6) is 5.75 Å². The summed E-state index contributed by atoms with van der Waals surface area (Å²) in [6.07, 6.45) is 4.22. The number of carbonyl (C=O) groups excluding carboxylic acids is 1. The first kappa shape index (κ1) is 29.1. The van der Waals surface area contributed by atoms with E-state index >= 15 is 0 Å². The molecule has 0 spiro atoms. The van der Waals surface area contributed by atoms with Gasteiger partial charge >= 0.3 is 0 Å². The summed E-state index contributed by atoms with van der Waals surface area (Å²) in [6.45, 7) is 18.4. The number of likely N-dealkylation sites (tertiary alicyclic amines) is 1. The lowest BCUT2D eigenvalue weighted by Crippen LogP contribution is -2.52. The van der Waals surface area contributed by atoms with Crippen LogP contribution in [0.3, 0.4) is 0 Å². The van der Waals surface area contributed by atoms with E-state index in [9.17, 15) is 4.79 Å². The third-order valence-corrected chi connectivity index (χ3v) is 8.20. The Balaban J connectivity index is 1.51. The summed E-state index contributed by atoms with van der Waals surface area (Å²) in [7, 11) is 7.82. The van der Waals surface area contributed by atoms with Crippen molar-refractivity contribution < 1.29 is 14.3 Å². The molecule has 8 heteroatoms. The molecule has 200 valence electrons. The molecule has 1 aromatic rings. The van der Waals surface area contributed by atoms with Crippen molar-refractivity contribution in [2.75, 3.05) is 32.5 Å². The fourth-order valence-electron chi connectivity index (χ4n) is 6.57. The van der Waals surface area contributed by atoms with Gasteiger partial charge in [-0.2, -0.15) is 0 Å². The molecule has 0 aromatic heterocycles. The number of hydrogen-bond donors (Lipinski definition) is 2. The largest absolute Gasteiger partial charge is 0.496 e. The van der Waals surface area contributed by atoms with E-state index in [1.165, 1.54) is 7.11 Å². The molecule has 2 saturated heterocycles. The molecular formula is C28H45BClN3O3. The van der Waals surface area contributed by atoms with Crippen LogP contribution in [0.15, 0.2) is 12.1 Å². The molecule has 2 radical (unpaired) electrons. The van der Waals surface area contributed by atoms with E-state index in [0.717, 1.165) is 38.8 Å². The van der Waals surface area contributed by atoms with Crippen LogP contribution in [0.1, 0.15) is 84.5 Å². The van der Waals surface area contributed by atoms with Gasteiger partial charge < -0.3 is 20.5 Å². The first-order valence-electron chi connectivity index (χ1n) is 13.1. The van der Waals surface area contributed by atoms with Crippen LogP contribution in [0, 0.1) is 11.3 Å². The van der Waals surface area contributed by atoms with Gasteiger partial charge in [-0.1, -0.05) is 44.6 Å². The Bertz CT molecular complexity index is 954. The van der Waals surface area contributed by atoms with Crippen molar-refractivity contribution in [3.8, 4) is 5.75 Å². The number of carbonyl (C=O) groups is 1. The number of epoxide rings is 1. The second-order valence-electron chi connectivity index (χ2n) is 13.2. The van der Waals surface area contributed by atoms with Gasteiger partial charge in [0, 0.05) is 18.2 Å². The van der Waals surface area contributed by atoms with Gasteiger partial charge in [-0.3, -0.25) is 9.69 Å². The molecule has 3 rings (SSSR count). The average molecular weight is 518 g/mol. The van der Waals surface area contributed by atoms with Crippen molar-refractivity contribution in [2.45, 2.75) is 96.7 Å². The van der Waals surface area contributed by atoms with Crippen LogP contribution in [0.25, 0.3) is 0 Å². The summed E-state index contributed by atoms with van der Waals surface area (Å²) in [4.78, 5) is 15.4. The number of rotatable bonds is 10. The molecule has 2 unspecified atom stereocenters. The molecular weight excluding hydrogens is 473 g/mol. The SMILES string of the molecule is [B]C(C)(C)CC1(C)OC1C(C)(C)CC(C)(C)N1CCC(CNC(=O)c2cc(Cl)c(N)cc2OC)CC1. The van der Waals surface area contributed by atoms with E-state index in [4.69, 9.17) is 34.7 Å². The monoisotopic (exact) mass is 517 g/mol. The molecule has 0 saturated carbocycles. The molecule has 6 nitrogen and oxygen atoms in total. The molecule has 0 bridgehead atoms. The zero-order chi connectivity index (χ0) is 27.1. The number of hydrogen-bond acceptors (Lipinski definition) is 5. The Labute approximate surface area is 224 Å². The fourth-order valence-corrected chi connectivity index (χ4v) is 6.73. The predicted molar refractivity (Wildman–Crippen MR) is 149 cm³/mol. The van der Waals surface area contributed by atoms with E-state index in [2.05, 4.69) is 58.7 Å². The van der Waals surface area contributed by atoms with Gasteiger partial charge in [0.05, 0.1) is 42.9 Å². The van der Waals surface area contributed by atoms with Gasteiger partial charge in [-0.05, 0) is 76.9 Å². The molecule has 3 N–H and O–H groups in total. The highest BCUT2D eigenvalue weighted by atomic mass is 35.5. The van der Waals surface area contributed by atoms with Gasteiger partial charge in [0.15, 0.2) is 0 Å². The lowest BCUT2D eigenvalue weighted by molar-refractivity contribution is 0.0328. The number of piperidine rings is 1. The van der Waals surface area contributed by atoms with E-state index < -0.39 is 0 Å². The van der Waals surface area contributed by atoms with Gasteiger partial charge in [0.1, 0.15) is 5.75 Å². The lowest BCUT2D eigenvalue weighted by Gasteiger charge is -2.46. The van der Waals surface area contributed by atoms with Crippen molar-refractivity contribution in [1.29, 1.82) is 0 Å². The van der Waals surface area contributed by atoms with Crippen molar-refractivity contribution in [3.05, 3.63) is 22.7 Å². The van der Waals surface area contributed by atoms with Crippen LogP contribution in [0.2, 0.25) is 10.3 Å². The van der Waals surface area contributed by atoms with Crippen LogP contribution in [-0.2, 0) is 4.74 Å². The molecule has 2 fully saturated rings. The van der Waals surface area contributed by atoms with Crippen LogP contribution in [-0.4, -0.2) is 62.6 Å². The summed E-state index contributed by atoms with van der Waals surface area (Å²) in [6, 6.07) is 3.16. The van der Waals surface area contributed by atoms with Crippen molar-refractivity contribution >= 4 is 31.0 Å². The highest BCUT2D eigenvalue weighted by Crippen LogP contribution is 2.56. The molecule has 1 amide bonds. The third kappa shape index (κ3) is 6.90. The zero-order valence-electron chi connectivity index (χ0n) is 23.5. The van der Waals surface area contributed by atoms with Crippen LogP contribution in [0.4, 0.5) is 5.69 Å². The van der Waals surface area contributed by atoms with Crippen LogP contribution < -0.4 is 15.8 Å². The number of nitrogens with zero attached hydrogens (tertiary/aromatic N) is 1. The molecule has 2 heterocycles. The number of halogens is 1. The zero-order valence-corrected chi connectivity index (χ0v) is 24.2. The molecule has 36 heavy (non-hydrogen) atoms. The average Bonchev–Trinajstić information content (AvgIpc) is 3.43. The maximum atomic E-state index is 12.8. The highest BCUT2D eigenvalue weighted by molar-refractivity contribution is 6.33. The van der Waals surface area contributed by atoms with E-state index in [0.29, 0.717) is 34.5 Å². The highest BCUT2D eigenvalue weighted by Gasteiger charge is 2.61. The fraction of sp³-hybridized carbons (Fsp3) is 0.750. The maximum Gasteiger partial charge on any atom is 0.255 e. The summed E-state index contributed by atoms with van der Waals surface area (Å²) in [5.41, 5.74) is 6.60. The second-order valence-corrected chi connectivity index (χ2v) is 13.6. The lowest BCUT2D eigenvalue weighted by atomic mass is 9.64. The summed E-state index contributed by atoms with van der Waals surface area (Å²) >= 11 is 6.13. The Morgan fingerprint density at radius 2 is 1.86 bits per heavy atom. The normalized spacial score (nSPS) is 24.0. The standard InChI is InChI=1S/C28H45BClN3O3/c1-25(2,24-28(7,36-24)17-26(3,4)29)16-27(5,6)33-11-9-18(10-12-33)15-32-23(34)19-13-20(30)21(31)14-22(19)35-8/h13-14,18,24H,9-12,15-17,31H2,1-8H3,(H,32,34). The van der Waals surface area contributed by atoms with E-state index in [-0.39, 0.29) is 33.9 Å². The molecule has 1 aromatic carbocycles. The van der Waals surface area contributed by atoms with Crippen LogP contribution >= 0.6 is 11.6 Å². The minimum Gasteiger partial charge on any atom is -0.496 e. The topological polar surface area (TPSA) is 80.1 Å². The molecule has 2 aliphatic rings. The maximum absolute atomic E-state index is 12.8. The van der Waals surface area contributed by atoms with Gasteiger partial charge in [-0.15, -0.1) is 0 Å². The van der Waals surface area contributed by atoms with Gasteiger partial charge in [0.2, 0.25) is 0 Å². The number of nitrogen functional groups attached to an aromatic ring is 1. The Hall–Kier alpha value is -1.44. The number of methoxy groups -OCH3 is 1. The summed E-state index contributed by atoms with van der Waals surface area (Å²) < 4.78 is 11.6. The van der Waals surface area contributed by atoms with Crippen molar-refractivity contribution in [2.24, 2.45) is 11.3 Å². The minimum atomic E-state index is -0.238. The predicted octanol–water partition coefficient (Wildman–Crippen LogP) is 5.48. The van der Waals surface area contributed by atoms with E-state index in [1.54, 1.807) is 12.1 Å². The smallest absolute Gasteiger partial charge is 0.255 e. The second kappa shape index (κ2) is 10.4. The van der Waals surface area contributed by atoms with Crippen molar-refractivity contribution in [3.63, 3.8) is 0 Å². The van der Waals surface area contributed by atoms with E-state index in [1.807, 2.05) is 0 Å². The Morgan fingerprint density at radius 3 is 2.42 bits per heavy atom. The first-order chi connectivity index (χ1) is 16.5. The number of amides is 1. The number of ether oxygens (including phenoxy) is 2. The van der Waals surface area contributed by atoms with Crippen molar-refractivity contribution in [1.82, 2.24) is 10.2 Å². The number of nitrogens with two attached hydrogens (primary N) is 1. The minimum absolute atomic E-state index is 0.0493. The number of benzene rings is 1. The number of nitrogens with one attached hydrogen (secondary N) is 1. The Kier molecular flexibility index (Phi) is 8.40. The quantitative estimate of drug-likeness (QED) is 0.244. The van der Waals surface area contributed by atoms with Gasteiger partial charge in [-0.25, -0.2) is 0 Å². The Morgan fingerprint density at radius 1 is 1.25 bits per heavy atom. The first-order valence-corrected chi connectivity index (χ1v) is 13.5. The summed E-state index contributed by atoms with van der Waals surface area (Å²) in [5.74, 6) is 0.678. The van der Waals surface area contributed by atoms with Gasteiger partial charge in [0.25, 0.3) is 5.91 Å². The number of anilines is 1.